The fourth-order valence-corrected chi connectivity index (χ4v) is 3.43. The summed E-state index contributed by atoms with van der Waals surface area (Å²) in [6.45, 7) is 0. The van der Waals surface area contributed by atoms with Gasteiger partial charge in [0.2, 0.25) is 10.8 Å². The molecule has 2 heterocycles. The van der Waals surface area contributed by atoms with E-state index in [0.29, 0.717) is 10.9 Å². The normalized spacial score (nSPS) is 39.3. The summed E-state index contributed by atoms with van der Waals surface area (Å²) in [5.74, 6) is -0.184. The van der Waals surface area contributed by atoms with Gasteiger partial charge in [0.15, 0.2) is 17.4 Å². The maximum atomic E-state index is 10.9. The number of hydrogen-bond donors (Lipinski definition) is 5. The molecule has 1 fully saturated rings. The molecule has 0 saturated carbocycles. The lowest BCUT2D eigenvalue weighted by molar-refractivity contribution is -0.340. The average molecular weight is 395 g/mol. The van der Waals surface area contributed by atoms with Gasteiger partial charge < -0.3 is 34.8 Å². The van der Waals surface area contributed by atoms with Gasteiger partial charge in [-0.2, -0.15) is 0 Å². The van der Waals surface area contributed by atoms with Gasteiger partial charge in [0.25, 0.3) is 0 Å². The molecule has 120 valence electrons. The van der Waals surface area contributed by atoms with Crippen molar-refractivity contribution in [1.29, 1.82) is 0 Å². The minimum atomic E-state index is -2.57. The molecule has 9 heteroatoms. The molecule has 5 atom stereocenters. The molecule has 0 radical (unpaired) electrons. The van der Waals surface area contributed by atoms with Crippen LogP contribution in [0.15, 0.2) is 30.5 Å². The number of aliphatic hydroxyl groups is 4. The lowest BCUT2D eigenvalue weighted by Crippen LogP contribution is -2.70. The van der Waals surface area contributed by atoms with E-state index in [1.165, 1.54) is 0 Å². The highest BCUT2D eigenvalue weighted by molar-refractivity contribution is 9.09. The van der Waals surface area contributed by atoms with Crippen molar-refractivity contribution in [1.82, 2.24) is 4.57 Å². The van der Waals surface area contributed by atoms with E-state index >= 15 is 0 Å². The molecule has 2 aromatic rings. The third-order valence-corrected chi connectivity index (χ3v) is 5.43. The minimum Gasteiger partial charge on any atom is -0.506 e. The van der Waals surface area contributed by atoms with Crippen LogP contribution in [0.5, 0.6) is 5.75 Å². The van der Waals surface area contributed by atoms with Gasteiger partial charge in [-0.05, 0) is 12.1 Å². The molecule has 3 rings (SSSR count). The Morgan fingerprint density at radius 3 is 2.55 bits per heavy atom. The molecule has 0 amide bonds. The van der Waals surface area contributed by atoms with Crippen molar-refractivity contribution in [2.45, 2.75) is 28.2 Å². The van der Waals surface area contributed by atoms with Crippen molar-refractivity contribution in [3.05, 3.63) is 30.5 Å². The van der Waals surface area contributed by atoms with Crippen molar-refractivity contribution in [2.75, 3.05) is 0 Å². The van der Waals surface area contributed by atoms with Crippen LogP contribution < -0.4 is 0 Å². The van der Waals surface area contributed by atoms with Crippen LogP contribution in [0.2, 0.25) is 0 Å². The molecule has 7 nitrogen and oxygen atoms in total. The Labute approximate surface area is 138 Å². The first-order valence-electron chi connectivity index (χ1n) is 6.30. The number of para-hydroxylation sites is 1. The minimum absolute atomic E-state index is 0.184. The van der Waals surface area contributed by atoms with Gasteiger partial charge in [-0.15, -0.1) is 0 Å². The summed E-state index contributed by atoms with van der Waals surface area (Å²) in [4.78, 5) is 0. The van der Waals surface area contributed by atoms with Gasteiger partial charge in [-0.3, -0.25) is 0 Å². The van der Waals surface area contributed by atoms with E-state index < -0.39 is 28.2 Å². The number of rotatable bonds is 1. The standard InChI is InChI=1S/C13H13BrClNO6/c14-11-12(15,20)13(21,9(18)10(19)22-11)16-5-8(17)6-3-1-2-4-7(6)16/h1-5,9-11,17-21H/t9-,10-,11?,12-,13+/m0/s1. The summed E-state index contributed by atoms with van der Waals surface area (Å²) in [5.41, 5.74) is -2.27. The van der Waals surface area contributed by atoms with Gasteiger partial charge in [0, 0.05) is 11.6 Å². The predicted octanol–water partition coefficient (Wildman–Crippen LogP) is 0.350. The number of ether oxygens (including phenoxy) is 1. The van der Waals surface area contributed by atoms with E-state index in [1.54, 1.807) is 24.3 Å². The zero-order chi connectivity index (χ0) is 16.3. The van der Waals surface area contributed by atoms with Crippen LogP contribution in [0, 0.1) is 0 Å². The number of nitrogens with zero attached hydrogens (tertiary/aromatic N) is 1. The van der Waals surface area contributed by atoms with Crippen molar-refractivity contribution in [3.8, 4) is 5.75 Å². The molecule has 22 heavy (non-hydrogen) atoms. The maximum Gasteiger partial charge on any atom is 0.226 e. The van der Waals surface area contributed by atoms with E-state index in [-0.39, 0.29) is 5.75 Å². The van der Waals surface area contributed by atoms with Crippen LogP contribution in [0.4, 0.5) is 0 Å². The predicted molar refractivity (Wildman–Crippen MR) is 80.4 cm³/mol. The Balaban J connectivity index is 2.29. The third-order valence-electron chi connectivity index (χ3n) is 3.82. The van der Waals surface area contributed by atoms with Crippen molar-refractivity contribution in [2.24, 2.45) is 0 Å². The zero-order valence-electron chi connectivity index (χ0n) is 11.0. The highest BCUT2D eigenvalue weighted by atomic mass is 79.9. The summed E-state index contributed by atoms with van der Waals surface area (Å²) in [7, 11) is 0. The Bertz CT molecular complexity index is 722. The second-order valence-electron chi connectivity index (χ2n) is 5.09. The summed E-state index contributed by atoms with van der Waals surface area (Å²) >= 11 is 8.90. The Hall–Kier alpha value is -0.870. The van der Waals surface area contributed by atoms with Crippen LogP contribution in [-0.2, 0) is 10.5 Å². The quantitative estimate of drug-likeness (QED) is 0.446. The third kappa shape index (κ3) is 1.93. The van der Waals surface area contributed by atoms with Gasteiger partial charge in [0.05, 0.1) is 5.52 Å². The molecule has 0 spiro atoms. The van der Waals surface area contributed by atoms with Crippen molar-refractivity contribution in [3.63, 3.8) is 0 Å². The van der Waals surface area contributed by atoms with Crippen molar-refractivity contribution < 1.29 is 30.3 Å². The number of fused-ring (bicyclic) bond motifs is 1. The maximum absolute atomic E-state index is 10.9. The summed E-state index contributed by atoms with van der Waals surface area (Å²) in [6.07, 6.45) is -2.67. The lowest BCUT2D eigenvalue weighted by atomic mass is 9.95. The zero-order valence-corrected chi connectivity index (χ0v) is 13.3. The molecule has 1 aromatic carbocycles. The number of benzene rings is 1. The second kappa shape index (κ2) is 5.07. The Morgan fingerprint density at radius 1 is 1.23 bits per heavy atom. The van der Waals surface area contributed by atoms with Crippen LogP contribution in [0.1, 0.15) is 0 Å². The van der Waals surface area contributed by atoms with E-state index in [4.69, 9.17) is 16.3 Å². The number of aromatic nitrogens is 1. The van der Waals surface area contributed by atoms with Gasteiger partial charge in [-0.25, -0.2) is 0 Å². The van der Waals surface area contributed by atoms with Crippen LogP contribution in [0.25, 0.3) is 10.9 Å². The first-order chi connectivity index (χ1) is 10.2. The topological polar surface area (TPSA) is 115 Å². The van der Waals surface area contributed by atoms with E-state index in [1.807, 2.05) is 0 Å². The van der Waals surface area contributed by atoms with E-state index in [0.717, 1.165) is 10.8 Å². The smallest absolute Gasteiger partial charge is 0.226 e. The fraction of sp³-hybridized carbons (Fsp3) is 0.385. The molecule has 1 unspecified atom stereocenters. The van der Waals surface area contributed by atoms with Crippen LogP contribution in [-0.4, -0.2) is 52.6 Å². The number of hydrogen-bond acceptors (Lipinski definition) is 6. The lowest BCUT2D eigenvalue weighted by Gasteiger charge is -2.50. The van der Waals surface area contributed by atoms with Crippen LogP contribution in [0.3, 0.4) is 0 Å². The number of alkyl halides is 2. The highest BCUT2D eigenvalue weighted by Crippen LogP contribution is 2.48. The molecule has 1 saturated heterocycles. The second-order valence-corrected chi connectivity index (χ2v) is 6.50. The van der Waals surface area contributed by atoms with Gasteiger partial charge >= 0.3 is 0 Å². The number of halogens is 2. The fourth-order valence-electron chi connectivity index (χ4n) is 2.62. The van der Waals surface area contributed by atoms with Crippen molar-refractivity contribution >= 4 is 38.4 Å². The highest BCUT2D eigenvalue weighted by Gasteiger charge is 2.65. The number of aromatic hydroxyl groups is 1. The van der Waals surface area contributed by atoms with Gasteiger partial charge in [0.1, 0.15) is 5.75 Å². The molecule has 0 aliphatic carbocycles. The monoisotopic (exact) mass is 393 g/mol. The Kier molecular flexibility index (Phi) is 3.69. The summed E-state index contributed by atoms with van der Waals surface area (Å²) in [6, 6.07) is 6.46. The largest absolute Gasteiger partial charge is 0.506 e. The van der Waals surface area contributed by atoms with Gasteiger partial charge in [-0.1, -0.05) is 39.7 Å². The first kappa shape index (κ1) is 16.0. The summed E-state index contributed by atoms with van der Waals surface area (Å²) < 4.78 is 5.86. The molecule has 1 aliphatic heterocycles. The number of aliphatic hydroxyl groups excluding tert-OH is 2. The van der Waals surface area contributed by atoms with E-state index in [2.05, 4.69) is 15.9 Å². The first-order valence-corrected chi connectivity index (χ1v) is 7.59. The molecule has 1 aromatic heterocycles. The van der Waals surface area contributed by atoms with Crippen LogP contribution >= 0.6 is 27.5 Å². The molecule has 1 aliphatic rings. The average Bonchev–Trinajstić information content (AvgIpc) is 2.82. The molecule has 5 N–H and O–H groups in total. The molecular weight excluding hydrogens is 382 g/mol. The SMILES string of the molecule is Oc1cn([C@@]2(O)[C@@H](O)[C@@H](O)OC(Br)[C@@]2(O)Cl)c2ccccc12. The molecule has 0 bridgehead atoms. The summed E-state index contributed by atoms with van der Waals surface area (Å²) in [5, 5.41) is 47.8. The van der Waals surface area contributed by atoms with E-state index in [9.17, 15) is 25.5 Å². The molecular formula is C13H13BrClNO6. The Morgan fingerprint density at radius 2 is 1.86 bits per heavy atom.